The second-order valence-electron chi connectivity index (χ2n) is 9.91. The van der Waals surface area contributed by atoms with Gasteiger partial charge in [0.15, 0.2) is 6.10 Å². The predicted octanol–water partition coefficient (Wildman–Crippen LogP) is 3.62. The molecule has 1 aromatic heterocycles. The highest BCUT2D eigenvalue weighted by Gasteiger charge is 2.68. The summed E-state index contributed by atoms with van der Waals surface area (Å²) in [4.78, 5) is 25.9. The van der Waals surface area contributed by atoms with Gasteiger partial charge in [0.05, 0.1) is 17.9 Å². The Bertz CT molecular complexity index is 972. The third-order valence-electron chi connectivity index (χ3n) is 8.34. The van der Waals surface area contributed by atoms with Crippen molar-refractivity contribution < 1.29 is 33.7 Å². The van der Waals surface area contributed by atoms with Gasteiger partial charge in [-0.3, -0.25) is 4.79 Å². The van der Waals surface area contributed by atoms with Crippen LogP contribution in [0.1, 0.15) is 65.5 Å². The van der Waals surface area contributed by atoms with Gasteiger partial charge in [-0.15, -0.1) is 0 Å². The average Bonchev–Trinajstić information content (AvgIpc) is 3.39. The smallest absolute Gasteiger partial charge is 0.333 e. The zero-order valence-electron chi connectivity index (χ0n) is 19.3. The maximum absolute atomic E-state index is 13.4. The van der Waals surface area contributed by atoms with Crippen LogP contribution in [-0.2, 0) is 19.1 Å². The molecule has 2 aliphatic carbocycles. The molecule has 1 spiro atoms. The highest BCUT2D eigenvalue weighted by Crippen LogP contribution is 2.66. The van der Waals surface area contributed by atoms with Crippen LogP contribution in [0.3, 0.4) is 0 Å². The van der Waals surface area contributed by atoms with Gasteiger partial charge in [0, 0.05) is 23.0 Å². The lowest BCUT2D eigenvalue weighted by atomic mass is 9.47. The lowest BCUT2D eigenvalue weighted by molar-refractivity contribution is -0.204. The standard InChI is InChI=1S/C25H32O7/c1-6-14(2)21(27)32-20-17(26)11-19-23(4,24(20,5)29)9-7-15(3)25(19)12-18(31-22(25)28)16-8-10-30-13-16/h6,8,10-11,13,15,17-18,20,26,29H,7,9,12H2,1-5H3/b14-6-/t15-,17-,18-,20-,23+,24+,25-/m1/s1. The van der Waals surface area contributed by atoms with Crippen molar-refractivity contribution in [1.82, 2.24) is 0 Å². The van der Waals surface area contributed by atoms with Crippen molar-refractivity contribution in [2.24, 2.45) is 16.7 Å². The highest BCUT2D eigenvalue weighted by molar-refractivity contribution is 5.88. The van der Waals surface area contributed by atoms with E-state index in [9.17, 15) is 19.8 Å². The summed E-state index contributed by atoms with van der Waals surface area (Å²) >= 11 is 0. The van der Waals surface area contributed by atoms with Crippen molar-refractivity contribution in [2.75, 3.05) is 0 Å². The van der Waals surface area contributed by atoms with E-state index < -0.39 is 40.7 Å². The number of hydrogen-bond acceptors (Lipinski definition) is 7. The van der Waals surface area contributed by atoms with E-state index in [0.717, 1.165) is 5.56 Å². The fourth-order valence-electron chi connectivity index (χ4n) is 5.84. The zero-order valence-corrected chi connectivity index (χ0v) is 19.3. The van der Waals surface area contributed by atoms with Crippen LogP contribution in [-0.4, -0.2) is 40.0 Å². The van der Waals surface area contributed by atoms with Gasteiger partial charge in [0.1, 0.15) is 17.8 Å². The van der Waals surface area contributed by atoms with Crippen LogP contribution in [0.5, 0.6) is 0 Å². The Labute approximate surface area is 188 Å². The van der Waals surface area contributed by atoms with E-state index in [2.05, 4.69) is 0 Å². The van der Waals surface area contributed by atoms with Crippen LogP contribution in [0.2, 0.25) is 0 Å². The van der Waals surface area contributed by atoms with Crippen molar-refractivity contribution in [3.63, 3.8) is 0 Å². The number of carbonyl (C=O) groups excluding carboxylic acids is 2. The van der Waals surface area contributed by atoms with Gasteiger partial charge in [-0.1, -0.05) is 26.0 Å². The molecular formula is C25H32O7. The predicted molar refractivity (Wildman–Crippen MR) is 115 cm³/mol. The van der Waals surface area contributed by atoms with Gasteiger partial charge in [0.25, 0.3) is 0 Å². The van der Waals surface area contributed by atoms with Crippen LogP contribution >= 0.6 is 0 Å². The Hall–Kier alpha value is -2.38. The Kier molecular flexibility index (Phi) is 5.41. The SMILES string of the molecule is C/C=C(/C)C(=O)O[C@@H]1[C@H](O)C=C2[C@@]3(C[C@H](c4ccoc4)OC3=O)[C@H](C)CC[C@]2(C)[C@@]1(C)O. The summed E-state index contributed by atoms with van der Waals surface area (Å²) in [5, 5.41) is 22.8. The molecule has 3 aliphatic rings. The quantitative estimate of drug-likeness (QED) is 0.417. The molecule has 1 saturated carbocycles. The van der Waals surface area contributed by atoms with Crippen molar-refractivity contribution in [3.05, 3.63) is 47.5 Å². The molecule has 7 nitrogen and oxygen atoms in total. The van der Waals surface area contributed by atoms with E-state index in [1.165, 1.54) is 0 Å². The van der Waals surface area contributed by atoms with Crippen molar-refractivity contribution >= 4 is 11.9 Å². The average molecular weight is 445 g/mol. The molecule has 4 rings (SSSR count). The number of esters is 2. The molecule has 0 amide bonds. The van der Waals surface area contributed by atoms with Crippen LogP contribution in [0.25, 0.3) is 0 Å². The van der Waals surface area contributed by atoms with Crippen LogP contribution < -0.4 is 0 Å². The maximum Gasteiger partial charge on any atom is 0.333 e. The number of furan rings is 1. The third kappa shape index (κ3) is 3.01. The molecule has 32 heavy (non-hydrogen) atoms. The fourth-order valence-corrected chi connectivity index (χ4v) is 5.84. The van der Waals surface area contributed by atoms with E-state index in [1.54, 1.807) is 51.5 Å². The van der Waals surface area contributed by atoms with Crippen molar-refractivity contribution in [3.8, 4) is 0 Å². The molecule has 2 N–H and O–H groups in total. The molecule has 0 aromatic carbocycles. The number of allylic oxidation sites excluding steroid dienone is 1. The fraction of sp³-hybridized carbons (Fsp3) is 0.600. The molecule has 2 heterocycles. The van der Waals surface area contributed by atoms with Crippen molar-refractivity contribution in [2.45, 2.75) is 77.8 Å². The number of carbonyl (C=O) groups is 2. The Morgan fingerprint density at radius 2 is 2.06 bits per heavy atom. The molecule has 1 saturated heterocycles. The molecule has 174 valence electrons. The van der Waals surface area contributed by atoms with E-state index in [-0.39, 0.29) is 11.9 Å². The maximum atomic E-state index is 13.4. The zero-order chi connectivity index (χ0) is 23.5. The summed E-state index contributed by atoms with van der Waals surface area (Å²) < 4.78 is 16.6. The number of hydrogen-bond donors (Lipinski definition) is 2. The number of fused-ring (bicyclic) bond motifs is 2. The Morgan fingerprint density at radius 1 is 1.34 bits per heavy atom. The topological polar surface area (TPSA) is 106 Å². The number of aliphatic hydroxyl groups is 2. The Balaban J connectivity index is 1.78. The molecular weight excluding hydrogens is 412 g/mol. The van der Waals surface area contributed by atoms with Gasteiger partial charge < -0.3 is 24.1 Å². The summed E-state index contributed by atoms with van der Waals surface area (Å²) in [6.07, 6.45) is 5.15. The lowest BCUT2D eigenvalue weighted by Crippen LogP contribution is -2.66. The summed E-state index contributed by atoms with van der Waals surface area (Å²) in [5.74, 6) is -0.980. The second-order valence-corrected chi connectivity index (χ2v) is 9.91. The van der Waals surface area contributed by atoms with Gasteiger partial charge >= 0.3 is 11.9 Å². The lowest BCUT2D eigenvalue weighted by Gasteiger charge is -2.59. The monoisotopic (exact) mass is 444 g/mol. The van der Waals surface area contributed by atoms with Gasteiger partial charge in [-0.05, 0) is 51.2 Å². The minimum absolute atomic E-state index is 0.0430. The second kappa shape index (κ2) is 7.59. The van der Waals surface area contributed by atoms with Gasteiger partial charge in [-0.2, -0.15) is 0 Å². The number of aliphatic hydroxyl groups excluding tert-OH is 1. The number of ether oxygens (including phenoxy) is 2. The molecule has 7 atom stereocenters. The van der Waals surface area contributed by atoms with Gasteiger partial charge in [0.2, 0.25) is 0 Å². The van der Waals surface area contributed by atoms with Gasteiger partial charge in [-0.25, -0.2) is 4.79 Å². The summed E-state index contributed by atoms with van der Waals surface area (Å²) in [6.45, 7) is 8.84. The first-order valence-electron chi connectivity index (χ1n) is 11.2. The first-order valence-corrected chi connectivity index (χ1v) is 11.2. The van der Waals surface area contributed by atoms with E-state index >= 15 is 0 Å². The summed E-state index contributed by atoms with van der Waals surface area (Å²) in [6, 6.07) is 1.78. The summed E-state index contributed by atoms with van der Waals surface area (Å²) in [5.41, 5.74) is -1.61. The molecule has 1 aliphatic heterocycles. The first kappa shape index (κ1) is 22.8. The first-order chi connectivity index (χ1) is 15.0. The molecule has 0 bridgehead atoms. The van der Waals surface area contributed by atoms with Crippen LogP contribution in [0.4, 0.5) is 0 Å². The van der Waals surface area contributed by atoms with E-state index in [0.29, 0.717) is 30.4 Å². The largest absolute Gasteiger partial charge is 0.472 e. The third-order valence-corrected chi connectivity index (χ3v) is 8.34. The molecule has 0 unspecified atom stereocenters. The molecule has 0 radical (unpaired) electrons. The molecule has 2 fully saturated rings. The number of cyclic esters (lactones) is 1. The van der Waals surface area contributed by atoms with Crippen LogP contribution in [0.15, 0.2) is 46.3 Å². The molecule has 7 heteroatoms. The van der Waals surface area contributed by atoms with E-state index in [1.807, 2.05) is 13.8 Å². The van der Waals surface area contributed by atoms with Crippen LogP contribution in [0, 0.1) is 16.7 Å². The normalized spacial score (nSPS) is 41.8. The highest BCUT2D eigenvalue weighted by atomic mass is 16.6. The Morgan fingerprint density at radius 3 is 2.69 bits per heavy atom. The molecule has 1 aromatic rings. The van der Waals surface area contributed by atoms with Crippen molar-refractivity contribution in [1.29, 1.82) is 0 Å². The number of rotatable bonds is 3. The minimum atomic E-state index is -1.60. The van der Waals surface area contributed by atoms with E-state index in [4.69, 9.17) is 13.9 Å². The minimum Gasteiger partial charge on any atom is -0.472 e. The summed E-state index contributed by atoms with van der Waals surface area (Å²) in [7, 11) is 0.